The van der Waals surface area contributed by atoms with Crippen LogP contribution in [-0.4, -0.2) is 16.1 Å². The Kier molecular flexibility index (Phi) is 7.27. The van der Waals surface area contributed by atoms with Gasteiger partial charge in [0.05, 0.1) is 11.3 Å². The molecule has 0 spiro atoms. The largest absolute Gasteiger partial charge is 0.311 e. The Labute approximate surface area is 315 Å². The number of anilines is 9. The number of halogens is 1. The zero-order valence-corrected chi connectivity index (χ0v) is 30.4. The van der Waals surface area contributed by atoms with Gasteiger partial charge in [0.15, 0.2) is 0 Å². The van der Waals surface area contributed by atoms with Crippen LogP contribution in [-0.2, 0) is 5.41 Å². The maximum atomic E-state index is 15.9. The summed E-state index contributed by atoms with van der Waals surface area (Å²) in [5.74, 6) is 0.745. The Morgan fingerprint density at radius 2 is 1.22 bits per heavy atom. The molecule has 0 fully saturated rings. The van der Waals surface area contributed by atoms with Crippen LogP contribution in [0.2, 0.25) is 0 Å². The van der Waals surface area contributed by atoms with Crippen LogP contribution in [0.25, 0.3) is 5.65 Å². The number of hydrogen-bond acceptors (Lipinski definition) is 4. The highest BCUT2D eigenvalue weighted by molar-refractivity contribution is 7.00. The predicted molar refractivity (Wildman–Crippen MR) is 223 cm³/mol. The summed E-state index contributed by atoms with van der Waals surface area (Å²) in [7, 11) is 0. The van der Waals surface area contributed by atoms with Gasteiger partial charge in [0.1, 0.15) is 17.3 Å². The Bertz CT molecular complexity index is 2690. The molecule has 4 heterocycles. The van der Waals surface area contributed by atoms with E-state index in [0.29, 0.717) is 5.69 Å². The molecule has 54 heavy (non-hydrogen) atoms. The number of imidazole rings is 1. The van der Waals surface area contributed by atoms with Crippen molar-refractivity contribution in [3.05, 3.63) is 181 Å². The van der Waals surface area contributed by atoms with Crippen LogP contribution in [0.15, 0.2) is 170 Å². The first-order valence-electron chi connectivity index (χ1n) is 18.5. The lowest BCUT2D eigenvalue weighted by Gasteiger charge is -2.42. The number of fused-ring (bicyclic) bond motifs is 6. The first-order chi connectivity index (χ1) is 26.4. The molecule has 10 rings (SSSR count). The number of aromatic nitrogens is 2. The van der Waals surface area contributed by atoms with Crippen LogP contribution < -0.4 is 31.2 Å². The van der Waals surface area contributed by atoms with Gasteiger partial charge >= 0.3 is 0 Å². The van der Waals surface area contributed by atoms with E-state index in [2.05, 4.69) is 175 Å². The van der Waals surface area contributed by atoms with E-state index in [9.17, 15) is 0 Å². The molecule has 2 aliphatic rings. The summed E-state index contributed by atoms with van der Waals surface area (Å²) in [4.78, 5) is 12.1. The minimum absolute atomic E-state index is 0.0114. The Hall–Kier alpha value is -6.60. The molecule has 2 aromatic heterocycles. The highest BCUT2D eigenvalue weighted by Gasteiger charge is 2.46. The third kappa shape index (κ3) is 4.96. The minimum atomic E-state index is -0.285. The smallest absolute Gasteiger partial charge is 0.277 e. The predicted octanol–water partition coefficient (Wildman–Crippen LogP) is 10.3. The molecule has 0 unspecified atom stereocenters. The molecule has 0 saturated heterocycles. The molecule has 260 valence electrons. The second-order valence-electron chi connectivity index (χ2n) is 15.1. The molecular weight excluding hydrogens is 664 g/mol. The van der Waals surface area contributed by atoms with Crippen molar-refractivity contribution in [2.45, 2.75) is 26.2 Å². The van der Waals surface area contributed by atoms with Gasteiger partial charge in [-0.15, -0.1) is 0 Å². The van der Waals surface area contributed by atoms with Gasteiger partial charge in [-0.25, -0.2) is 9.37 Å². The van der Waals surface area contributed by atoms with Gasteiger partial charge in [0.2, 0.25) is 0 Å². The summed E-state index contributed by atoms with van der Waals surface area (Å²) in [6, 6.07) is 56.0. The summed E-state index contributed by atoms with van der Waals surface area (Å²) in [5.41, 5.74) is 13.0. The first kappa shape index (κ1) is 32.1. The molecule has 7 heteroatoms. The number of hydrogen-bond donors (Lipinski definition) is 0. The van der Waals surface area contributed by atoms with E-state index >= 15 is 4.39 Å². The zero-order chi connectivity index (χ0) is 36.6. The Morgan fingerprint density at radius 3 is 1.93 bits per heavy atom. The third-order valence-corrected chi connectivity index (χ3v) is 10.8. The van der Waals surface area contributed by atoms with E-state index in [1.165, 1.54) is 17.1 Å². The maximum absolute atomic E-state index is 15.9. The molecule has 0 bridgehead atoms. The van der Waals surface area contributed by atoms with Crippen LogP contribution in [0, 0.1) is 5.82 Å². The van der Waals surface area contributed by atoms with Crippen LogP contribution in [0.3, 0.4) is 0 Å². The van der Waals surface area contributed by atoms with Gasteiger partial charge in [-0.1, -0.05) is 99.6 Å². The van der Waals surface area contributed by atoms with Crippen molar-refractivity contribution in [3.8, 4) is 0 Å². The molecule has 0 N–H and O–H groups in total. The summed E-state index contributed by atoms with van der Waals surface area (Å²) in [6.07, 6.45) is 2.10. The number of para-hydroxylation sites is 3. The fourth-order valence-corrected chi connectivity index (χ4v) is 8.30. The van der Waals surface area contributed by atoms with Crippen molar-refractivity contribution >= 4 is 80.2 Å². The fraction of sp³-hybridized carbons (Fsp3) is 0.0851. The lowest BCUT2D eigenvalue weighted by Crippen LogP contribution is -2.61. The second-order valence-corrected chi connectivity index (χ2v) is 15.1. The van der Waals surface area contributed by atoms with E-state index in [0.717, 1.165) is 62.3 Å². The van der Waals surface area contributed by atoms with Crippen LogP contribution in [0.4, 0.5) is 55.7 Å². The molecule has 2 aliphatic heterocycles. The van der Waals surface area contributed by atoms with Gasteiger partial charge in [-0.3, -0.25) is 9.30 Å². The minimum Gasteiger partial charge on any atom is -0.311 e. The highest BCUT2D eigenvalue weighted by Crippen LogP contribution is 2.46. The summed E-state index contributed by atoms with van der Waals surface area (Å²) < 4.78 is 18.1. The monoisotopic (exact) mass is 701 g/mol. The van der Waals surface area contributed by atoms with Crippen molar-refractivity contribution in [1.29, 1.82) is 0 Å². The van der Waals surface area contributed by atoms with Gasteiger partial charge in [-0.2, -0.15) is 0 Å². The van der Waals surface area contributed by atoms with E-state index in [4.69, 9.17) is 4.98 Å². The molecule has 0 aliphatic carbocycles. The average molecular weight is 702 g/mol. The lowest BCUT2D eigenvalue weighted by atomic mass is 9.35. The molecule has 0 amide bonds. The molecule has 0 saturated carbocycles. The van der Waals surface area contributed by atoms with Gasteiger partial charge in [0.25, 0.3) is 6.71 Å². The van der Waals surface area contributed by atoms with Crippen molar-refractivity contribution in [1.82, 2.24) is 9.38 Å². The molecule has 0 radical (unpaired) electrons. The molecule has 6 aromatic carbocycles. The number of nitrogens with zero attached hydrogens (tertiary/aromatic N) is 5. The number of rotatable bonds is 5. The standard InChI is InChI=1S/C47H37BFN5/c1-47(2,3)32-24-26-35(27-25-32)52(39-20-11-10-19-38(39)49)36-28-29-37-42(31-36)53(33-15-6-4-7-16-33)40-21-14-22-41-44(40)48(37)45-46(51-30-13-12-23-43(51)50-45)54(41)34-17-8-5-9-18-34/h4-31H,1-3H3. The average Bonchev–Trinajstić information content (AvgIpc) is 3.58. The number of benzene rings is 6. The van der Waals surface area contributed by atoms with Crippen molar-refractivity contribution in [3.63, 3.8) is 0 Å². The Balaban J connectivity index is 1.24. The van der Waals surface area contributed by atoms with E-state index in [-0.39, 0.29) is 17.9 Å². The third-order valence-electron chi connectivity index (χ3n) is 10.8. The second kappa shape index (κ2) is 12.2. The zero-order valence-electron chi connectivity index (χ0n) is 30.4. The molecule has 0 atom stereocenters. The molecule has 5 nitrogen and oxygen atoms in total. The fourth-order valence-electron chi connectivity index (χ4n) is 8.30. The number of pyridine rings is 1. The summed E-state index contributed by atoms with van der Waals surface area (Å²) in [5, 5.41) is 0. The van der Waals surface area contributed by atoms with Gasteiger partial charge < -0.3 is 9.80 Å². The van der Waals surface area contributed by atoms with Crippen LogP contribution >= 0.6 is 0 Å². The summed E-state index contributed by atoms with van der Waals surface area (Å²) >= 11 is 0. The van der Waals surface area contributed by atoms with Crippen molar-refractivity contribution in [2.24, 2.45) is 0 Å². The lowest BCUT2D eigenvalue weighted by molar-refractivity contribution is 0.590. The topological polar surface area (TPSA) is 27.0 Å². The Morgan fingerprint density at radius 1 is 0.593 bits per heavy atom. The molecule has 8 aromatic rings. The van der Waals surface area contributed by atoms with E-state index in [1.807, 2.05) is 23.1 Å². The van der Waals surface area contributed by atoms with Gasteiger partial charge in [0, 0.05) is 46.0 Å². The summed E-state index contributed by atoms with van der Waals surface area (Å²) in [6.45, 7) is 6.48. The SMILES string of the molecule is CC(C)(C)c1ccc(N(c2ccc3c(c2)N(c2ccccc2)c2cccc4c2B3c2nc3ccccn3c2N4c2ccccc2)c2ccccc2F)cc1. The molecular formula is C47H37BFN5. The quantitative estimate of drug-likeness (QED) is 0.167. The highest BCUT2D eigenvalue weighted by atomic mass is 19.1. The van der Waals surface area contributed by atoms with Crippen molar-refractivity contribution < 1.29 is 4.39 Å². The first-order valence-corrected chi connectivity index (χ1v) is 18.5. The van der Waals surface area contributed by atoms with Gasteiger partial charge in [-0.05, 0) is 107 Å². The van der Waals surface area contributed by atoms with Crippen molar-refractivity contribution in [2.75, 3.05) is 14.7 Å². The van der Waals surface area contributed by atoms with Crippen LogP contribution in [0.1, 0.15) is 26.3 Å². The van der Waals surface area contributed by atoms with E-state index in [1.54, 1.807) is 6.07 Å². The van der Waals surface area contributed by atoms with E-state index < -0.39 is 0 Å². The maximum Gasteiger partial charge on any atom is 0.277 e. The van der Waals surface area contributed by atoms with Crippen LogP contribution in [0.5, 0.6) is 0 Å². The normalized spacial score (nSPS) is 13.1.